The summed E-state index contributed by atoms with van der Waals surface area (Å²) in [7, 11) is 0. The van der Waals surface area contributed by atoms with Gasteiger partial charge in [0.05, 0.1) is 0 Å². The van der Waals surface area contributed by atoms with Crippen LogP contribution in [-0.4, -0.2) is 22.5 Å². The van der Waals surface area contributed by atoms with Crippen LogP contribution in [0.1, 0.15) is 26.7 Å². The number of thioether (sulfide) groups is 2. The third-order valence-electron chi connectivity index (χ3n) is 1.51. The highest BCUT2D eigenvalue weighted by atomic mass is 32.2. The monoisotopic (exact) mass is 191 g/mol. The van der Waals surface area contributed by atoms with E-state index in [0.717, 1.165) is 11.7 Å². The van der Waals surface area contributed by atoms with Crippen molar-refractivity contribution in [3.8, 4) is 0 Å². The second-order valence-corrected chi connectivity index (χ2v) is 5.32. The molecule has 0 aromatic rings. The molecule has 0 aliphatic carbocycles. The van der Waals surface area contributed by atoms with E-state index in [1.54, 1.807) is 0 Å². The molecule has 1 unspecified atom stereocenters. The van der Waals surface area contributed by atoms with Crippen LogP contribution < -0.4 is 0 Å². The average molecular weight is 191 g/mol. The maximum absolute atomic E-state index is 3.95. The molecule has 0 aliphatic rings. The van der Waals surface area contributed by atoms with Gasteiger partial charge in [-0.05, 0) is 30.1 Å². The van der Waals surface area contributed by atoms with Gasteiger partial charge in [-0.3, -0.25) is 0 Å². The normalized spacial score (nSPS) is 13.4. The van der Waals surface area contributed by atoms with Crippen molar-refractivity contribution in [2.45, 2.75) is 31.9 Å². The standard InChI is InChI=1S/C9H19S2/c1-4-9(11-6-3)7-8-10-5-2/h9H,1,4-8H2,2-3H3. The van der Waals surface area contributed by atoms with Gasteiger partial charge in [-0.2, -0.15) is 23.5 Å². The first kappa shape index (κ1) is 11.7. The van der Waals surface area contributed by atoms with E-state index in [-0.39, 0.29) is 0 Å². The predicted octanol–water partition coefficient (Wildman–Crippen LogP) is 3.48. The van der Waals surface area contributed by atoms with Crippen molar-refractivity contribution in [3.63, 3.8) is 0 Å². The first-order chi connectivity index (χ1) is 5.35. The quantitative estimate of drug-likeness (QED) is 0.565. The van der Waals surface area contributed by atoms with E-state index in [1.165, 1.54) is 23.7 Å². The Morgan fingerprint density at radius 3 is 2.45 bits per heavy atom. The van der Waals surface area contributed by atoms with Gasteiger partial charge in [0.2, 0.25) is 0 Å². The van der Waals surface area contributed by atoms with Gasteiger partial charge in [0.1, 0.15) is 0 Å². The third-order valence-corrected chi connectivity index (χ3v) is 3.72. The molecule has 67 valence electrons. The van der Waals surface area contributed by atoms with E-state index in [4.69, 9.17) is 0 Å². The van der Waals surface area contributed by atoms with Crippen molar-refractivity contribution in [1.82, 2.24) is 0 Å². The zero-order valence-corrected chi connectivity index (χ0v) is 9.27. The summed E-state index contributed by atoms with van der Waals surface area (Å²) in [6.45, 7) is 8.39. The smallest absolute Gasteiger partial charge is 0.00547 e. The van der Waals surface area contributed by atoms with Gasteiger partial charge in [-0.25, -0.2) is 0 Å². The fourth-order valence-corrected chi connectivity index (χ4v) is 2.72. The average Bonchev–Trinajstić information content (AvgIpc) is 2.03. The first-order valence-corrected chi connectivity index (χ1v) is 6.54. The number of hydrogen-bond donors (Lipinski definition) is 0. The Bertz CT molecular complexity index is 74.0. The van der Waals surface area contributed by atoms with Crippen LogP contribution in [0.15, 0.2) is 0 Å². The number of hydrogen-bond acceptors (Lipinski definition) is 2. The molecule has 0 aliphatic heterocycles. The highest BCUT2D eigenvalue weighted by molar-refractivity contribution is 8.00. The van der Waals surface area contributed by atoms with Gasteiger partial charge in [-0.1, -0.05) is 20.8 Å². The molecule has 11 heavy (non-hydrogen) atoms. The molecule has 0 bridgehead atoms. The summed E-state index contributed by atoms with van der Waals surface area (Å²) in [4.78, 5) is 0. The molecule has 0 aromatic heterocycles. The van der Waals surface area contributed by atoms with E-state index in [1.807, 2.05) is 11.8 Å². The molecule has 1 atom stereocenters. The molecule has 0 saturated heterocycles. The summed E-state index contributed by atoms with van der Waals surface area (Å²) in [5, 5.41) is 0.805. The van der Waals surface area contributed by atoms with E-state index in [9.17, 15) is 0 Å². The Hall–Kier alpha value is 0.700. The Balaban J connectivity index is 3.20. The van der Waals surface area contributed by atoms with Crippen LogP contribution in [0.4, 0.5) is 0 Å². The van der Waals surface area contributed by atoms with Crippen LogP contribution >= 0.6 is 23.5 Å². The Morgan fingerprint density at radius 1 is 1.27 bits per heavy atom. The SMILES string of the molecule is [CH2]CC(CCSCC)SCC. The van der Waals surface area contributed by atoms with Crippen molar-refractivity contribution in [2.24, 2.45) is 0 Å². The minimum atomic E-state index is 0.805. The van der Waals surface area contributed by atoms with Crippen LogP contribution in [0.5, 0.6) is 0 Å². The van der Waals surface area contributed by atoms with E-state index >= 15 is 0 Å². The fraction of sp³-hybridized carbons (Fsp3) is 0.889. The van der Waals surface area contributed by atoms with Crippen LogP contribution in [0.3, 0.4) is 0 Å². The van der Waals surface area contributed by atoms with Crippen molar-refractivity contribution >= 4 is 23.5 Å². The van der Waals surface area contributed by atoms with Gasteiger partial charge in [0.15, 0.2) is 0 Å². The Morgan fingerprint density at radius 2 is 2.00 bits per heavy atom. The zero-order valence-electron chi connectivity index (χ0n) is 7.64. The third kappa shape index (κ3) is 7.07. The molecule has 0 nitrogen and oxygen atoms in total. The Labute approximate surface area is 79.9 Å². The molecule has 0 amide bonds. The second-order valence-electron chi connectivity index (χ2n) is 2.35. The van der Waals surface area contributed by atoms with Gasteiger partial charge in [0, 0.05) is 5.25 Å². The van der Waals surface area contributed by atoms with Crippen LogP contribution in [0, 0.1) is 6.92 Å². The molecule has 0 heterocycles. The molecular formula is C9H19S2. The van der Waals surface area contributed by atoms with E-state index in [0.29, 0.717) is 0 Å². The topological polar surface area (TPSA) is 0 Å². The van der Waals surface area contributed by atoms with Crippen molar-refractivity contribution < 1.29 is 0 Å². The molecule has 0 aromatic carbocycles. The lowest BCUT2D eigenvalue weighted by molar-refractivity contribution is 0.842. The van der Waals surface area contributed by atoms with E-state index < -0.39 is 0 Å². The fourth-order valence-electron chi connectivity index (χ4n) is 0.906. The molecule has 0 N–H and O–H groups in total. The maximum Gasteiger partial charge on any atom is 0.00547 e. The van der Waals surface area contributed by atoms with Gasteiger partial charge >= 0.3 is 0 Å². The van der Waals surface area contributed by atoms with Crippen LogP contribution in [-0.2, 0) is 0 Å². The highest BCUT2D eigenvalue weighted by Crippen LogP contribution is 2.19. The summed E-state index contributed by atoms with van der Waals surface area (Å²) >= 11 is 4.09. The first-order valence-electron chi connectivity index (χ1n) is 4.33. The summed E-state index contributed by atoms with van der Waals surface area (Å²) in [6.07, 6.45) is 2.42. The largest absolute Gasteiger partial charge is 0.162 e. The summed E-state index contributed by atoms with van der Waals surface area (Å²) in [5.74, 6) is 3.79. The maximum atomic E-state index is 3.95. The lowest BCUT2D eigenvalue weighted by Gasteiger charge is -2.11. The minimum absolute atomic E-state index is 0.805. The predicted molar refractivity (Wildman–Crippen MR) is 59.5 cm³/mol. The highest BCUT2D eigenvalue weighted by Gasteiger charge is 2.03. The van der Waals surface area contributed by atoms with Crippen molar-refractivity contribution in [3.05, 3.63) is 6.92 Å². The molecule has 2 heteroatoms. The lowest BCUT2D eigenvalue weighted by atomic mass is 10.3. The zero-order chi connectivity index (χ0) is 8.53. The molecule has 0 spiro atoms. The minimum Gasteiger partial charge on any atom is -0.162 e. The summed E-state index contributed by atoms with van der Waals surface area (Å²) < 4.78 is 0. The summed E-state index contributed by atoms with van der Waals surface area (Å²) in [6, 6.07) is 0. The van der Waals surface area contributed by atoms with Crippen LogP contribution in [0.2, 0.25) is 0 Å². The van der Waals surface area contributed by atoms with Crippen molar-refractivity contribution in [1.29, 1.82) is 0 Å². The lowest BCUT2D eigenvalue weighted by Crippen LogP contribution is -2.02. The van der Waals surface area contributed by atoms with Gasteiger partial charge in [0.25, 0.3) is 0 Å². The molecule has 0 fully saturated rings. The molecule has 0 rings (SSSR count). The summed E-state index contributed by atoms with van der Waals surface area (Å²) in [5.41, 5.74) is 0. The second kappa shape index (κ2) is 8.79. The Kier molecular flexibility index (Phi) is 9.35. The molecular weight excluding hydrogens is 172 g/mol. The van der Waals surface area contributed by atoms with Crippen molar-refractivity contribution in [2.75, 3.05) is 17.3 Å². The van der Waals surface area contributed by atoms with E-state index in [2.05, 4.69) is 32.5 Å². The molecule has 0 saturated carbocycles. The van der Waals surface area contributed by atoms with Crippen LogP contribution in [0.25, 0.3) is 0 Å². The van der Waals surface area contributed by atoms with Gasteiger partial charge < -0.3 is 0 Å². The number of rotatable bonds is 7. The van der Waals surface area contributed by atoms with Gasteiger partial charge in [-0.15, -0.1) is 0 Å². The molecule has 1 radical (unpaired) electrons.